The fourth-order valence-electron chi connectivity index (χ4n) is 1.10. The molecule has 0 bridgehead atoms. The van der Waals surface area contributed by atoms with Crippen LogP contribution >= 0.6 is 0 Å². The van der Waals surface area contributed by atoms with Crippen molar-refractivity contribution >= 4 is 12.1 Å². The number of benzene rings is 1. The van der Waals surface area contributed by atoms with Crippen LogP contribution in [0, 0.1) is 10.1 Å². The molecular weight excluding hydrogens is 200 g/mol. The van der Waals surface area contributed by atoms with Crippen molar-refractivity contribution in [3.8, 4) is 0 Å². The number of nitrogens with one attached hydrogen (secondary N) is 1. The third kappa shape index (κ3) is 3.03. The smallest absolute Gasteiger partial charge is 0.269 e. The maximum atomic E-state index is 10.3. The number of aliphatic hydroxyl groups is 1. The maximum Gasteiger partial charge on any atom is 0.269 e. The lowest BCUT2D eigenvalue weighted by Gasteiger charge is -2.09. The van der Waals surface area contributed by atoms with E-state index in [1.807, 2.05) is 0 Å². The standard InChI is InChI=1S/C9H10N2O4/c12-6-10-5-9(13)7-1-3-8(4-2-7)11(14)15/h1-4,6,9,13H,5H2,(H,10,12). The summed E-state index contributed by atoms with van der Waals surface area (Å²) in [5.41, 5.74) is 0.490. The molecule has 80 valence electrons. The summed E-state index contributed by atoms with van der Waals surface area (Å²) in [5.74, 6) is 0. The summed E-state index contributed by atoms with van der Waals surface area (Å²) in [4.78, 5) is 19.8. The van der Waals surface area contributed by atoms with E-state index >= 15 is 0 Å². The quantitative estimate of drug-likeness (QED) is 0.417. The molecule has 0 aromatic heterocycles. The summed E-state index contributed by atoms with van der Waals surface area (Å²) in [6.07, 6.45) is -0.370. The number of hydrogen-bond donors (Lipinski definition) is 2. The zero-order valence-corrected chi connectivity index (χ0v) is 7.79. The second kappa shape index (κ2) is 5.06. The van der Waals surface area contributed by atoms with Crippen LogP contribution < -0.4 is 5.32 Å². The third-order valence-electron chi connectivity index (χ3n) is 1.88. The highest BCUT2D eigenvalue weighted by molar-refractivity contribution is 5.46. The van der Waals surface area contributed by atoms with Gasteiger partial charge >= 0.3 is 0 Å². The van der Waals surface area contributed by atoms with Gasteiger partial charge in [0.15, 0.2) is 0 Å². The van der Waals surface area contributed by atoms with E-state index in [0.29, 0.717) is 12.0 Å². The zero-order valence-electron chi connectivity index (χ0n) is 7.79. The minimum atomic E-state index is -0.851. The molecular formula is C9H10N2O4. The van der Waals surface area contributed by atoms with Crippen molar-refractivity contribution in [3.05, 3.63) is 39.9 Å². The van der Waals surface area contributed by atoms with Gasteiger partial charge in [-0.05, 0) is 17.7 Å². The van der Waals surface area contributed by atoms with E-state index < -0.39 is 11.0 Å². The maximum absolute atomic E-state index is 10.3. The van der Waals surface area contributed by atoms with Crippen molar-refractivity contribution in [3.63, 3.8) is 0 Å². The molecule has 0 fully saturated rings. The van der Waals surface area contributed by atoms with Gasteiger partial charge in [-0.2, -0.15) is 0 Å². The van der Waals surface area contributed by atoms with Gasteiger partial charge in [-0.15, -0.1) is 0 Å². The summed E-state index contributed by atoms with van der Waals surface area (Å²) in [6, 6.07) is 5.52. The Kier molecular flexibility index (Phi) is 3.75. The molecule has 15 heavy (non-hydrogen) atoms. The van der Waals surface area contributed by atoms with Crippen molar-refractivity contribution in [2.24, 2.45) is 0 Å². The van der Waals surface area contributed by atoms with Gasteiger partial charge in [0.25, 0.3) is 5.69 Å². The SMILES string of the molecule is O=CNCC(O)c1ccc([N+](=O)[O-])cc1. The summed E-state index contributed by atoms with van der Waals surface area (Å²) >= 11 is 0. The Morgan fingerprint density at radius 3 is 2.53 bits per heavy atom. The van der Waals surface area contributed by atoms with E-state index in [2.05, 4.69) is 5.32 Å². The Balaban J connectivity index is 2.70. The van der Waals surface area contributed by atoms with Gasteiger partial charge in [-0.25, -0.2) is 0 Å². The van der Waals surface area contributed by atoms with E-state index in [0.717, 1.165) is 0 Å². The molecule has 1 amide bonds. The molecule has 6 heteroatoms. The molecule has 1 aromatic rings. The molecule has 1 aromatic carbocycles. The lowest BCUT2D eigenvalue weighted by atomic mass is 10.1. The number of nitrogens with zero attached hydrogens (tertiary/aromatic N) is 1. The van der Waals surface area contributed by atoms with Crippen LogP contribution in [-0.2, 0) is 4.79 Å². The van der Waals surface area contributed by atoms with Gasteiger partial charge in [0.1, 0.15) is 0 Å². The van der Waals surface area contributed by atoms with Crippen LogP contribution in [0.5, 0.6) is 0 Å². The van der Waals surface area contributed by atoms with E-state index in [-0.39, 0.29) is 12.2 Å². The molecule has 0 aliphatic carbocycles. The number of rotatable bonds is 5. The summed E-state index contributed by atoms with van der Waals surface area (Å²) in [6.45, 7) is 0.0846. The monoisotopic (exact) mass is 210 g/mol. The van der Waals surface area contributed by atoms with Crippen molar-refractivity contribution in [2.75, 3.05) is 6.54 Å². The van der Waals surface area contributed by atoms with Crippen LogP contribution in [-0.4, -0.2) is 23.0 Å². The Morgan fingerprint density at radius 1 is 1.47 bits per heavy atom. The van der Waals surface area contributed by atoms with Gasteiger partial charge in [0.2, 0.25) is 6.41 Å². The molecule has 0 saturated heterocycles. The van der Waals surface area contributed by atoms with Gasteiger partial charge in [0, 0.05) is 18.7 Å². The van der Waals surface area contributed by atoms with Crippen molar-refractivity contribution in [1.29, 1.82) is 0 Å². The normalized spacial score (nSPS) is 11.8. The molecule has 1 rings (SSSR count). The Hall–Kier alpha value is -1.95. The molecule has 0 aliphatic heterocycles. The Bertz CT molecular complexity index is 350. The number of carbonyl (C=O) groups is 1. The van der Waals surface area contributed by atoms with E-state index in [9.17, 15) is 20.0 Å². The largest absolute Gasteiger partial charge is 0.387 e. The number of nitro benzene ring substituents is 1. The van der Waals surface area contributed by atoms with Crippen LogP contribution in [0.2, 0.25) is 0 Å². The van der Waals surface area contributed by atoms with E-state index in [1.165, 1.54) is 24.3 Å². The van der Waals surface area contributed by atoms with Gasteiger partial charge < -0.3 is 10.4 Å². The minimum Gasteiger partial charge on any atom is -0.387 e. The van der Waals surface area contributed by atoms with Crippen LogP contribution in [0.4, 0.5) is 5.69 Å². The number of aliphatic hydroxyl groups excluding tert-OH is 1. The fraction of sp³-hybridized carbons (Fsp3) is 0.222. The Morgan fingerprint density at radius 2 is 2.07 bits per heavy atom. The highest BCUT2D eigenvalue weighted by Gasteiger charge is 2.09. The number of nitro groups is 1. The summed E-state index contributed by atoms with van der Waals surface area (Å²) in [7, 11) is 0. The number of non-ortho nitro benzene ring substituents is 1. The second-order valence-corrected chi connectivity index (χ2v) is 2.89. The number of carbonyl (C=O) groups excluding carboxylic acids is 1. The molecule has 2 N–H and O–H groups in total. The lowest BCUT2D eigenvalue weighted by molar-refractivity contribution is -0.384. The molecule has 0 saturated carbocycles. The van der Waals surface area contributed by atoms with Crippen LogP contribution in [0.1, 0.15) is 11.7 Å². The van der Waals surface area contributed by atoms with Crippen LogP contribution in [0.15, 0.2) is 24.3 Å². The van der Waals surface area contributed by atoms with Gasteiger partial charge in [0.05, 0.1) is 11.0 Å². The average Bonchev–Trinajstić information content (AvgIpc) is 2.26. The molecule has 0 aliphatic rings. The molecule has 1 unspecified atom stereocenters. The van der Waals surface area contributed by atoms with Crippen molar-refractivity contribution < 1.29 is 14.8 Å². The topological polar surface area (TPSA) is 92.5 Å². The molecule has 1 atom stereocenters. The van der Waals surface area contributed by atoms with E-state index in [4.69, 9.17) is 0 Å². The van der Waals surface area contributed by atoms with Crippen LogP contribution in [0.25, 0.3) is 0 Å². The lowest BCUT2D eigenvalue weighted by Crippen LogP contribution is -2.19. The Labute approximate surface area is 85.7 Å². The molecule has 0 spiro atoms. The average molecular weight is 210 g/mol. The first-order valence-corrected chi connectivity index (χ1v) is 4.24. The highest BCUT2D eigenvalue weighted by atomic mass is 16.6. The molecule has 6 nitrogen and oxygen atoms in total. The fourth-order valence-corrected chi connectivity index (χ4v) is 1.10. The molecule has 0 heterocycles. The number of hydrogen-bond acceptors (Lipinski definition) is 4. The number of amides is 1. The summed E-state index contributed by atoms with van der Waals surface area (Å²) in [5, 5.41) is 22.1. The predicted octanol–water partition coefficient (Wildman–Crippen LogP) is 0.374. The van der Waals surface area contributed by atoms with Crippen molar-refractivity contribution in [1.82, 2.24) is 5.32 Å². The second-order valence-electron chi connectivity index (χ2n) is 2.89. The van der Waals surface area contributed by atoms with Gasteiger partial charge in [-0.1, -0.05) is 0 Å². The van der Waals surface area contributed by atoms with Gasteiger partial charge in [-0.3, -0.25) is 14.9 Å². The minimum absolute atomic E-state index is 0.0331. The van der Waals surface area contributed by atoms with E-state index in [1.54, 1.807) is 0 Å². The third-order valence-corrected chi connectivity index (χ3v) is 1.88. The van der Waals surface area contributed by atoms with Crippen molar-refractivity contribution in [2.45, 2.75) is 6.10 Å². The first-order chi connectivity index (χ1) is 7.15. The summed E-state index contributed by atoms with van der Waals surface area (Å²) < 4.78 is 0. The first-order valence-electron chi connectivity index (χ1n) is 4.24. The highest BCUT2D eigenvalue weighted by Crippen LogP contribution is 2.16. The van der Waals surface area contributed by atoms with Crippen LogP contribution in [0.3, 0.4) is 0 Å². The zero-order chi connectivity index (χ0) is 11.3. The predicted molar refractivity (Wildman–Crippen MR) is 52.1 cm³/mol. The molecule has 0 radical (unpaired) electrons. The first kappa shape index (κ1) is 11.1.